The van der Waals surface area contributed by atoms with E-state index in [0.29, 0.717) is 17.3 Å². The second-order valence-corrected chi connectivity index (χ2v) is 4.33. The summed E-state index contributed by atoms with van der Waals surface area (Å²) in [6.07, 6.45) is 4.21. The molecule has 2 rings (SSSR count). The van der Waals surface area contributed by atoms with Crippen LogP contribution in [0.1, 0.15) is 5.76 Å². The lowest BCUT2D eigenvalue weighted by Crippen LogP contribution is -2.43. The molecule has 0 atom stereocenters. The largest absolute Gasteiger partial charge is 0.493 e. The van der Waals surface area contributed by atoms with Gasteiger partial charge in [-0.05, 0) is 30.3 Å². The highest BCUT2D eigenvalue weighted by molar-refractivity contribution is 5.92. The maximum atomic E-state index is 11.6. The molecule has 0 fully saturated rings. The minimum absolute atomic E-state index is 0.261. The molecule has 7 nitrogen and oxygen atoms in total. The highest BCUT2D eigenvalue weighted by atomic mass is 16.5. The minimum atomic E-state index is -0.504. The zero-order chi connectivity index (χ0) is 16.5. The molecule has 120 valence electrons. The number of carbonyl (C=O) groups excluding carboxylic acids is 2. The first-order chi connectivity index (χ1) is 11.2. The molecule has 0 bridgehead atoms. The summed E-state index contributed by atoms with van der Waals surface area (Å²) >= 11 is 0. The highest BCUT2D eigenvalue weighted by Gasteiger charge is 2.07. The smallest absolute Gasteiger partial charge is 0.276 e. The van der Waals surface area contributed by atoms with E-state index in [-0.39, 0.29) is 6.61 Å². The molecule has 7 heteroatoms. The molecule has 0 aliphatic carbocycles. The Hall–Kier alpha value is -3.22. The van der Waals surface area contributed by atoms with Crippen molar-refractivity contribution in [1.29, 1.82) is 0 Å². The summed E-state index contributed by atoms with van der Waals surface area (Å²) in [5.41, 5.74) is 4.47. The third-order valence-corrected chi connectivity index (χ3v) is 2.70. The van der Waals surface area contributed by atoms with Crippen LogP contribution in [-0.2, 0) is 9.59 Å². The fourth-order valence-corrected chi connectivity index (χ4v) is 1.63. The fourth-order valence-electron chi connectivity index (χ4n) is 1.63. The van der Waals surface area contributed by atoms with E-state index in [1.807, 2.05) is 0 Å². The number of furan rings is 1. The molecular formula is C16H16N2O5. The molecule has 1 aromatic heterocycles. The van der Waals surface area contributed by atoms with Crippen molar-refractivity contribution in [2.75, 3.05) is 13.7 Å². The number of para-hydroxylation sites is 2. The molecule has 0 aliphatic rings. The topological polar surface area (TPSA) is 89.8 Å². The van der Waals surface area contributed by atoms with Crippen LogP contribution in [0.25, 0.3) is 6.08 Å². The third kappa shape index (κ3) is 5.24. The monoisotopic (exact) mass is 316 g/mol. The van der Waals surface area contributed by atoms with Gasteiger partial charge in [-0.2, -0.15) is 0 Å². The number of methoxy groups -OCH3 is 1. The summed E-state index contributed by atoms with van der Waals surface area (Å²) in [5.74, 6) is 0.494. The van der Waals surface area contributed by atoms with Crippen LogP contribution in [0.2, 0.25) is 0 Å². The fraction of sp³-hybridized carbons (Fsp3) is 0.125. The van der Waals surface area contributed by atoms with Crippen LogP contribution in [-0.4, -0.2) is 25.5 Å². The molecule has 0 saturated heterocycles. The maximum Gasteiger partial charge on any atom is 0.276 e. The zero-order valence-corrected chi connectivity index (χ0v) is 12.4. The predicted octanol–water partition coefficient (Wildman–Crippen LogP) is 1.53. The second kappa shape index (κ2) is 8.28. The highest BCUT2D eigenvalue weighted by Crippen LogP contribution is 2.25. The number of hydrazine groups is 1. The zero-order valence-electron chi connectivity index (χ0n) is 12.4. The van der Waals surface area contributed by atoms with Gasteiger partial charge in [0.05, 0.1) is 13.4 Å². The first-order valence-electron chi connectivity index (χ1n) is 6.75. The Kier molecular flexibility index (Phi) is 5.81. The van der Waals surface area contributed by atoms with Gasteiger partial charge >= 0.3 is 0 Å². The number of nitrogens with one attached hydrogen (secondary N) is 2. The number of rotatable bonds is 6. The molecular weight excluding hydrogens is 300 g/mol. The van der Waals surface area contributed by atoms with Gasteiger partial charge in [-0.25, -0.2) is 0 Å². The van der Waals surface area contributed by atoms with Gasteiger partial charge in [0.25, 0.3) is 11.8 Å². The van der Waals surface area contributed by atoms with Gasteiger partial charge in [0, 0.05) is 6.08 Å². The van der Waals surface area contributed by atoms with Gasteiger partial charge in [0.1, 0.15) is 5.76 Å². The van der Waals surface area contributed by atoms with E-state index in [2.05, 4.69) is 10.9 Å². The Morgan fingerprint density at radius 2 is 1.91 bits per heavy atom. The summed E-state index contributed by atoms with van der Waals surface area (Å²) in [6.45, 7) is -0.261. The molecule has 0 radical (unpaired) electrons. The van der Waals surface area contributed by atoms with Crippen LogP contribution in [0.5, 0.6) is 11.5 Å². The number of carbonyl (C=O) groups is 2. The van der Waals surface area contributed by atoms with Crippen molar-refractivity contribution in [3.63, 3.8) is 0 Å². The Bertz CT molecular complexity index is 680. The summed E-state index contributed by atoms with van der Waals surface area (Å²) < 4.78 is 15.5. The third-order valence-electron chi connectivity index (χ3n) is 2.70. The first kappa shape index (κ1) is 16.2. The Morgan fingerprint density at radius 1 is 1.13 bits per heavy atom. The van der Waals surface area contributed by atoms with Gasteiger partial charge in [0.2, 0.25) is 0 Å². The molecule has 23 heavy (non-hydrogen) atoms. The van der Waals surface area contributed by atoms with Crippen LogP contribution >= 0.6 is 0 Å². The molecule has 2 N–H and O–H groups in total. The molecule has 0 saturated carbocycles. The van der Waals surface area contributed by atoms with E-state index in [1.165, 1.54) is 25.5 Å². The summed E-state index contributed by atoms with van der Waals surface area (Å²) in [7, 11) is 1.51. The van der Waals surface area contributed by atoms with E-state index >= 15 is 0 Å². The molecule has 2 aromatic rings. The Morgan fingerprint density at radius 3 is 2.61 bits per heavy atom. The minimum Gasteiger partial charge on any atom is -0.493 e. The van der Waals surface area contributed by atoms with Crippen LogP contribution in [0.3, 0.4) is 0 Å². The number of hydrogen-bond acceptors (Lipinski definition) is 5. The van der Waals surface area contributed by atoms with Crippen LogP contribution in [0, 0.1) is 0 Å². The first-order valence-corrected chi connectivity index (χ1v) is 6.75. The van der Waals surface area contributed by atoms with E-state index in [4.69, 9.17) is 13.9 Å². The van der Waals surface area contributed by atoms with Gasteiger partial charge in [-0.3, -0.25) is 20.4 Å². The summed E-state index contributed by atoms with van der Waals surface area (Å²) in [5, 5.41) is 0. The van der Waals surface area contributed by atoms with Gasteiger partial charge in [-0.1, -0.05) is 12.1 Å². The molecule has 0 aliphatic heterocycles. The van der Waals surface area contributed by atoms with E-state index in [0.717, 1.165) is 0 Å². The Labute approximate surface area is 132 Å². The van der Waals surface area contributed by atoms with Crippen molar-refractivity contribution in [3.05, 3.63) is 54.5 Å². The maximum absolute atomic E-state index is 11.6. The number of benzene rings is 1. The summed E-state index contributed by atoms with van der Waals surface area (Å²) in [6, 6.07) is 10.3. The van der Waals surface area contributed by atoms with Crippen LogP contribution < -0.4 is 20.3 Å². The molecule has 0 unspecified atom stereocenters. The molecule has 2 amide bonds. The Balaban J connectivity index is 1.73. The number of amides is 2. The van der Waals surface area contributed by atoms with Gasteiger partial charge < -0.3 is 13.9 Å². The molecule has 0 spiro atoms. The van der Waals surface area contributed by atoms with Crippen molar-refractivity contribution in [2.45, 2.75) is 0 Å². The second-order valence-electron chi connectivity index (χ2n) is 4.33. The summed E-state index contributed by atoms with van der Waals surface area (Å²) in [4.78, 5) is 23.1. The SMILES string of the molecule is COc1ccccc1OCC(=O)NNC(=O)/C=C/c1ccco1. The van der Waals surface area contributed by atoms with Crippen molar-refractivity contribution < 1.29 is 23.5 Å². The van der Waals surface area contributed by atoms with Crippen molar-refractivity contribution in [1.82, 2.24) is 10.9 Å². The lowest BCUT2D eigenvalue weighted by atomic mass is 10.3. The van der Waals surface area contributed by atoms with Gasteiger partial charge in [-0.15, -0.1) is 0 Å². The predicted molar refractivity (Wildman–Crippen MR) is 82.5 cm³/mol. The van der Waals surface area contributed by atoms with Crippen LogP contribution in [0.15, 0.2) is 53.2 Å². The molecule has 1 aromatic carbocycles. The van der Waals surface area contributed by atoms with E-state index in [1.54, 1.807) is 36.4 Å². The lowest BCUT2D eigenvalue weighted by Gasteiger charge is -2.10. The lowest BCUT2D eigenvalue weighted by molar-refractivity contribution is -0.128. The quantitative estimate of drug-likeness (QED) is 0.623. The average Bonchev–Trinajstić information content (AvgIpc) is 3.10. The van der Waals surface area contributed by atoms with Crippen molar-refractivity contribution in [2.24, 2.45) is 0 Å². The normalized spacial score (nSPS) is 10.3. The molecule has 1 heterocycles. The van der Waals surface area contributed by atoms with E-state index < -0.39 is 11.8 Å². The number of ether oxygens (including phenoxy) is 2. The van der Waals surface area contributed by atoms with Gasteiger partial charge in [0.15, 0.2) is 18.1 Å². The standard InChI is InChI=1S/C16H16N2O5/c1-21-13-6-2-3-7-14(13)23-11-16(20)18-17-15(19)9-8-12-5-4-10-22-12/h2-10H,11H2,1H3,(H,17,19)(H,18,20)/b9-8+. The van der Waals surface area contributed by atoms with Crippen LogP contribution in [0.4, 0.5) is 0 Å². The van der Waals surface area contributed by atoms with Crippen molar-refractivity contribution in [3.8, 4) is 11.5 Å². The number of hydrogen-bond donors (Lipinski definition) is 2. The van der Waals surface area contributed by atoms with Crippen molar-refractivity contribution >= 4 is 17.9 Å². The van der Waals surface area contributed by atoms with E-state index in [9.17, 15) is 9.59 Å². The average molecular weight is 316 g/mol.